The molecule has 2 heteroatoms. The first-order valence-electron chi connectivity index (χ1n) is 27.1. The average Bonchev–Trinajstić information content (AvgIpc) is 3.80. The summed E-state index contributed by atoms with van der Waals surface area (Å²) in [5.41, 5.74) is 25.7. The number of para-hydroxylation sites is 3. The summed E-state index contributed by atoms with van der Waals surface area (Å²) in [5.74, 6) is 2.20. The molecule has 0 bridgehead atoms. The quantitative estimate of drug-likeness (QED) is 0.115. The third kappa shape index (κ3) is 14.1. The highest BCUT2D eigenvalue weighted by atomic mass is 15.2. The number of nitrogens with zero attached hydrogens (tertiary/aromatic N) is 1. The van der Waals surface area contributed by atoms with E-state index in [0.717, 1.165) is 12.1 Å². The van der Waals surface area contributed by atoms with E-state index in [1.807, 2.05) is 59.7 Å². The first kappa shape index (κ1) is 56.8. The van der Waals surface area contributed by atoms with Crippen molar-refractivity contribution in [1.29, 1.82) is 0 Å². The van der Waals surface area contributed by atoms with E-state index in [2.05, 4.69) is 253 Å². The molecule has 2 aliphatic rings. The zero-order chi connectivity index (χ0) is 52.9. The third-order valence-corrected chi connectivity index (χ3v) is 13.8. The van der Waals surface area contributed by atoms with Gasteiger partial charge in [0.15, 0.2) is 0 Å². The smallest absolute Gasteiger partial charge is 0.0488 e. The largest absolute Gasteiger partial charge is 0.398 e. The molecule has 10 rings (SSSR count). The van der Waals surface area contributed by atoms with E-state index >= 15 is 0 Å². The van der Waals surface area contributed by atoms with Crippen molar-refractivity contribution in [1.82, 2.24) is 0 Å². The minimum absolute atomic E-state index is 0.300. The van der Waals surface area contributed by atoms with Crippen LogP contribution in [0.25, 0.3) is 39.0 Å². The lowest BCUT2D eigenvalue weighted by Gasteiger charge is -2.43. The molecule has 378 valence electrons. The molecule has 0 saturated heterocycles. The van der Waals surface area contributed by atoms with Crippen molar-refractivity contribution in [2.45, 2.75) is 113 Å². The van der Waals surface area contributed by atoms with Crippen LogP contribution in [0.2, 0.25) is 0 Å². The van der Waals surface area contributed by atoms with Crippen molar-refractivity contribution < 1.29 is 0 Å². The van der Waals surface area contributed by atoms with Gasteiger partial charge in [0, 0.05) is 40.5 Å². The Morgan fingerprint density at radius 1 is 0.493 bits per heavy atom. The van der Waals surface area contributed by atoms with Crippen LogP contribution in [-0.4, -0.2) is 6.04 Å². The van der Waals surface area contributed by atoms with Gasteiger partial charge in [0.05, 0.1) is 0 Å². The monoisotopic (exact) mass is 965 g/mol. The summed E-state index contributed by atoms with van der Waals surface area (Å²) in [6.07, 6.45) is 3.47. The lowest BCUT2D eigenvalue weighted by Crippen LogP contribution is -2.43. The van der Waals surface area contributed by atoms with Crippen LogP contribution in [0.4, 0.5) is 17.1 Å². The van der Waals surface area contributed by atoms with Gasteiger partial charge < -0.3 is 10.6 Å². The molecule has 1 heterocycles. The van der Waals surface area contributed by atoms with Crippen molar-refractivity contribution in [3.05, 3.63) is 253 Å². The van der Waals surface area contributed by atoms with Gasteiger partial charge in [-0.1, -0.05) is 282 Å². The molecule has 8 aromatic carbocycles. The highest BCUT2D eigenvalue weighted by Crippen LogP contribution is 2.56. The fraction of sp³-hybridized carbons (Fsp3) is 0.268. The topological polar surface area (TPSA) is 29.3 Å². The number of hydrogen-bond acceptors (Lipinski definition) is 2. The summed E-state index contributed by atoms with van der Waals surface area (Å²) in [4.78, 5) is 2.58. The van der Waals surface area contributed by atoms with E-state index < -0.39 is 0 Å². The number of allylic oxidation sites excluding steroid dienone is 2. The zero-order valence-electron chi connectivity index (χ0n) is 46.2. The Morgan fingerprint density at radius 3 is 1.49 bits per heavy atom. The van der Waals surface area contributed by atoms with Gasteiger partial charge in [-0.05, 0) is 111 Å². The van der Waals surface area contributed by atoms with Crippen LogP contribution < -0.4 is 10.6 Å². The summed E-state index contributed by atoms with van der Waals surface area (Å²) < 4.78 is 0. The molecule has 3 unspecified atom stereocenters. The van der Waals surface area contributed by atoms with Gasteiger partial charge in [-0.2, -0.15) is 0 Å². The van der Waals surface area contributed by atoms with Crippen LogP contribution in [0.15, 0.2) is 231 Å². The van der Waals surface area contributed by atoms with Crippen LogP contribution in [0.1, 0.15) is 130 Å². The molecule has 1 aliphatic carbocycles. The van der Waals surface area contributed by atoms with Crippen molar-refractivity contribution in [2.75, 3.05) is 10.6 Å². The number of rotatable bonds is 9. The Bertz CT molecular complexity index is 2880. The molecule has 0 saturated carbocycles. The minimum Gasteiger partial charge on any atom is -0.398 e. The minimum atomic E-state index is 0.300. The molecule has 4 atom stereocenters. The van der Waals surface area contributed by atoms with Gasteiger partial charge in [-0.15, -0.1) is 0 Å². The first-order chi connectivity index (χ1) is 35.6. The summed E-state index contributed by atoms with van der Waals surface area (Å²) >= 11 is 0. The van der Waals surface area contributed by atoms with E-state index in [0.29, 0.717) is 35.6 Å². The SMILES string of the molecule is C=C(C)[C@H](C)C1C(c2ccccc2N)=CCC2c3ccccc3N(c3ccccc3)C21.CC.CC.CC.CC(C)c1cc(-c2ccccc2)ccc1-c1ccccc1.CC(C)c1ccc(-c2ccccc2)cc1. The molecule has 0 fully saturated rings. The van der Waals surface area contributed by atoms with Gasteiger partial charge in [-0.25, -0.2) is 0 Å². The molecule has 73 heavy (non-hydrogen) atoms. The van der Waals surface area contributed by atoms with Gasteiger partial charge in [0.2, 0.25) is 0 Å². The summed E-state index contributed by atoms with van der Waals surface area (Å²) in [6.45, 7) is 29.8. The number of fused-ring (bicyclic) bond motifs is 3. The number of benzene rings is 8. The number of hydrogen-bond donors (Lipinski definition) is 1. The summed E-state index contributed by atoms with van der Waals surface area (Å²) in [7, 11) is 0. The predicted octanol–water partition coefficient (Wildman–Crippen LogP) is 20.9. The van der Waals surface area contributed by atoms with Crippen LogP contribution >= 0.6 is 0 Å². The molecular formula is C71H84N2. The van der Waals surface area contributed by atoms with Crippen LogP contribution in [0.5, 0.6) is 0 Å². The normalized spacial score (nSPS) is 15.3. The highest BCUT2D eigenvalue weighted by molar-refractivity contribution is 5.82. The van der Waals surface area contributed by atoms with Crippen LogP contribution in [0.3, 0.4) is 0 Å². The van der Waals surface area contributed by atoms with E-state index in [-0.39, 0.29) is 0 Å². The summed E-state index contributed by atoms with van der Waals surface area (Å²) in [5, 5.41) is 0. The van der Waals surface area contributed by atoms with Gasteiger partial charge in [0.25, 0.3) is 0 Å². The van der Waals surface area contributed by atoms with E-state index in [4.69, 9.17) is 5.73 Å². The van der Waals surface area contributed by atoms with E-state index in [9.17, 15) is 0 Å². The second-order valence-corrected chi connectivity index (χ2v) is 18.8. The molecule has 8 aromatic rings. The number of anilines is 3. The molecule has 2 nitrogen and oxygen atoms in total. The van der Waals surface area contributed by atoms with Crippen molar-refractivity contribution in [3.8, 4) is 33.4 Å². The lowest BCUT2D eigenvalue weighted by atomic mass is 9.67. The third-order valence-electron chi connectivity index (χ3n) is 13.8. The molecular weight excluding hydrogens is 881 g/mol. The summed E-state index contributed by atoms with van der Waals surface area (Å²) in [6, 6.07) is 75.7. The molecule has 0 spiro atoms. The van der Waals surface area contributed by atoms with Crippen molar-refractivity contribution >= 4 is 22.6 Å². The lowest BCUT2D eigenvalue weighted by molar-refractivity contribution is 0.365. The Hall–Kier alpha value is -7.16. The fourth-order valence-corrected chi connectivity index (χ4v) is 10.0. The number of nitrogens with two attached hydrogens (primary N) is 1. The molecule has 0 aromatic heterocycles. The zero-order valence-corrected chi connectivity index (χ0v) is 46.2. The maximum absolute atomic E-state index is 6.48. The van der Waals surface area contributed by atoms with Crippen molar-refractivity contribution in [2.24, 2.45) is 11.8 Å². The standard InChI is InChI=1S/C29H30N2.C21H20.C15H16.3C2H6/c1-19(2)20(3)28-24(22-13-7-9-15-26(22)30)17-18-25-23-14-8-10-16-27(23)31(29(25)28)21-11-5-4-6-12-21;1-16(2)21-15-19(17-9-5-3-6-10-17)13-14-20(21)18-11-7-4-8-12-18;1-12(2)13-8-10-15(11-9-13)14-6-4-3-5-7-14;3*1-2/h4-17,20,25,28-29H,1,18,30H2,2-3H3;3-16H,1-2H3;3-12H,1-2H3;3*1-2H3/t20-,25?,28?,29?;;;;;/m0...../s1. The highest BCUT2D eigenvalue weighted by Gasteiger charge is 2.48. The van der Waals surface area contributed by atoms with E-state index in [1.54, 1.807) is 0 Å². The maximum atomic E-state index is 6.48. The number of nitrogen functional groups attached to an aromatic ring is 1. The van der Waals surface area contributed by atoms with Gasteiger partial charge >= 0.3 is 0 Å². The fourth-order valence-electron chi connectivity index (χ4n) is 10.0. The first-order valence-corrected chi connectivity index (χ1v) is 27.1. The average molecular weight is 965 g/mol. The van der Waals surface area contributed by atoms with Gasteiger partial charge in [-0.3, -0.25) is 0 Å². The second kappa shape index (κ2) is 28.8. The Labute approximate surface area is 442 Å². The molecule has 0 radical (unpaired) electrons. The molecule has 0 amide bonds. The molecule has 2 N–H and O–H groups in total. The maximum Gasteiger partial charge on any atom is 0.0488 e. The van der Waals surface area contributed by atoms with Gasteiger partial charge in [0.1, 0.15) is 0 Å². The Balaban J connectivity index is 0.000000205. The predicted molar refractivity (Wildman–Crippen MR) is 324 cm³/mol. The Kier molecular flexibility index (Phi) is 22.4. The van der Waals surface area contributed by atoms with Crippen LogP contribution in [0, 0.1) is 11.8 Å². The Morgan fingerprint density at radius 2 is 0.959 bits per heavy atom. The van der Waals surface area contributed by atoms with Crippen molar-refractivity contribution in [3.63, 3.8) is 0 Å². The van der Waals surface area contributed by atoms with Crippen LogP contribution in [-0.2, 0) is 0 Å². The second-order valence-electron chi connectivity index (χ2n) is 18.8. The molecule has 1 aliphatic heterocycles. The van der Waals surface area contributed by atoms with E-state index in [1.165, 1.54) is 78.2 Å².